The zero-order valence-corrected chi connectivity index (χ0v) is 21.6. The number of anilines is 1. The highest BCUT2D eigenvalue weighted by atomic mass is 32.1. The van der Waals surface area contributed by atoms with Crippen molar-refractivity contribution in [1.82, 2.24) is 10.3 Å². The third-order valence-electron chi connectivity index (χ3n) is 5.93. The summed E-state index contributed by atoms with van der Waals surface area (Å²) < 4.78 is 6.16. The molecule has 0 radical (unpaired) electrons. The highest BCUT2D eigenvalue weighted by molar-refractivity contribution is 7.80. The normalized spacial score (nSPS) is 12.5. The summed E-state index contributed by atoms with van der Waals surface area (Å²) in [6.45, 7) is 2.22. The van der Waals surface area contributed by atoms with Gasteiger partial charge < -0.3 is 21.1 Å². The number of nitrogens with one attached hydrogen (secondary N) is 2. The van der Waals surface area contributed by atoms with Crippen molar-refractivity contribution in [2.24, 2.45) is 5.73 Å². The van der Waals surface area contributed by atoms with Crippen LogP contribution in [0.4, 0.5) is 5.69 Å². The second kappa shape index (κ2) is 12.9. The number of thiol groups is 1. The summed E-state index contributed by atoms with van der Waals surface area (Å²) in [6.07, 6.45) is -0.799. The van der Waals surface area contributed by atoms with Gasteiger partial charge in [0.05, 0.1) is 17.4 Å². The number of nitrogens with zero attached hydrogens (tertiary/aromatic N) is 1. The number of carbonyl (C=O) groups excluding carboxylic acids is 1. The molecule has 1 unspecified atom stereocenters. The lowest BCUT2D eigenvalue weighted by atomic mass is 9.98. The van der Waals surface area contributed by atoms with E-state index in [-0.39, 0.29) is 18.0 Å². The Morgan fingerprint density at radius 1 is 0.892 bits per heavy atom. The number of hydrogen-bond acceptors (Lipinski definition) is 6. The molecule has 1 heterocycles. The summed E-state index contributed by atoms with van der Waals surface area (Å²) in [5.41, 5.74) is 10.4. The highest BCUT2D eigenvalue weighted by Crippen LogP contribution is 2.28. The van der Waals surface area contributed by atoms with Gasteiger partial charge in [-0.1, -0.05) is 91.0 Å². The van der Waals surface area contributed by atoms with Gasteiger partial charge in [0.15, 0.2) is 6.10 Å². The van der Waals surface area contributed by atoms with Crippen molar-refractivity contribution in [2.45, 2.75) is 25.1 Å². The van der Waals surface area contributed by atoms with Crippen molar-refractivity contribution < 1.29 is 9.53 Å². The molecule has 0 bridgehead atoms. The van der Waals surface area contributed by atoms with Gasteiger partial charge in [0.25, 0.3) is 5.91 Å². The molecule has 1 amide bonds. The number of benzene rings is 3. The minimum Gasteiger partial charge on any atom is -0.463 e. The fraction of sp³-hybridized carbons (Fsp3) is 0.200. The second-order valence-corrected chi connectivity index (χ2v) is 9.13. The Labute approximate surface area is 223 Å². The van der Waals surface area contributed by atoms with Gasteiger partial charge in [0.2, 0.25) is 5.88 Å². The molecule has 0 fully saturated rings. The molecule has 3 aromatic carbocycles. The fourth-order valence-electron chi connectivity index (χ4n) is 3.87. The third kappa shape index (κ3) is 7.12. The molecule has 37 heavy (non-hydrogen) atoms. The first-order valence-electron chi connectivity index (χ1n) is 12.3. The van der Waals surface area contributed by atoms with Gasteiger partial charge in [0, 0.05) is 23.9 Å². The number of pyridine rings is 1. The smallest absolute Gasteiger partial charge is 0.261 e. The van der Waals surface area contributed by atoms with Crippen LogP contribution >= 0.6 is 12.6 Å². The lowest BCUT2D eigenvalue weighted by molar-refractivity contribution is -0.127. The van der Waals surface area contributed by atoms with Crippen LogP contribution in [0.3, 0.4) is 0 Å². The monoisotopic (exact) mass is 512 g/mol. The summed E-state index contributed by atoms with van der Waals surface area (Å²) in [6, 6.07) is 33.0. The maximum Gasteiger partial charge on any atom is 0.261 e. The van der Waals surface area contributed by atoms with Crippen LogP contribution in [0.1, 0.15) is 24.1 Å². The van der Waals surface area contributed by atoms with Crippen LogP contribution in [0.2, 0.25) is 0 Å². The van der Waals surface area contributed by atoms with Gasteiger partial charge in [0.1, 0.15) is 0 Å². The summed E-state index contributed by atoms with van der Waals surface area (Å²) in [5.74, 6) is 0.631. The molecule has 0 aliphatic heterocycles. The topological polar surface area (TPSA) is 89.3 Å². The molecule has 4 aromatic rings. The second-order valence-electron chi connectivity index (χ2n) is 8.76. The molecular weight excluding hydrogens is 480 g/mol. The first-order valence-corrected chi connectivity index (χ1v) is 12.9. The largest absolute Gasteiger partial charge is 0.463 e. The predicted octanol–water partition coefficient (Wildman–Crippen LogP) is 5.09. The molecule has 0 saturated carbocycles. The predicted molar refractivity (Wildman–Crippen MR) is 153 cm³/mol. The molecule has 6 nitrogen and oxygen atoms in total. The van der Waals surface area contributed by atoms with E-state index < -0.39 is 6.10 Å². The molecule has 0 aliphatic rings. The van der Waals surface area contributed by atoms with Gasteiger partial charge in [-0.2, -0.15) is 12.6 Å². The van der Waals surface area contributed by atoms with Crippen LogP contribution in [0, 0.1) is 0 Å². The SMILES string of the molecule is C[C@@H](Oc1nc(-c2ccccc2)ccc1NCC(N)CS)C(=O)NC(c1ccccc1)c1ccccc1. The van der Waals surface area contributed by atoms with Gasteiger partial charge >= 0.3 is 0 Å². The Balaban J connectivity index is 1.57. The Kier molecular flexibility index (Phi) is 9.18. The minimum atomic E-state index is -0.799. The maximum absolute atomic E-state index is 13.4. The van der Waals surface area contributed by atoms with Crippen LogP contribution in [-0.2, 0) is 4.79 Å². The summed E-state index contributed by atoms with van der Waals surface area (Å²) in [5, 5.41) is 6.44. The molecular formula is C30H32N4O2S. The molecule has 1 aromatic heterocycles. The summed E-state index contributed by atoms with van der Waals surface area (Å²) in [4.78, 5) is 18.1. The fourth-order valence-corrected chi connectivity index (χ4v) is 4.00. The molecule has 0 spiro atoms. The number of rotatable bonds is 11. The average molecular weight is 513 g/mol. The molecule has 0 saturated heterocycles. The lowest BCUT2D eigenvalue weighted by Crippen LogP contribution is -2.39. The number of hydrogen-bond donors (Lipinski definition) is 4. The quantitative estimate of drug-likeness (QED) is 0.210. The minimum absolute atomic E-state index is 0.136. The Morgan fingerprint density at radius 2 is 1.46 bits per heavy atom. The lowest BCUT2D eigenvalue weighted by Gasteiger charge is -2.23. The molecule has 2 atom stereocenters. The molecule has 0 aliphatic carbocycles. The van der Waals surface area contributed by atoms with E-state index in [1.807, 2.05) is 103 Å². The Hall–Kier alpha value is -3.81. The van der Waals surface area contributed by atoms with E-state index in [1.165, 1.54) is 0 Å². The number of aromatic nitrogens is 1. The third-order valence-corrected chi connectivity index (χ3v) is 6.40. The van der Waals surface area contributed by atoms with Crippen LogP contribution in [-0.4, -0.2) is 35.3 Å². The summed E-state index contributed by atoms with van der Waals surface area (Å²) >= 11 is 4.26. The first-order chi connectivity index (χ1) is 18.0. The number of carbonyl (C=O) groups is 1. The van der Waals surface area contributed by atoms with E-state index >= 15 is 0 Å². The van der Waals surface area contributed by atoms with Crippen LogP contribution in [0.15, 0.2) is 103 Å². The van der Waals surface area contributed by atoms with Gasteiger partial charge in [-0.15, -0.1) is 0 Å². The van der Waals surface area contributed by atoms with E-state index in [0.29, 0.717) is 23.9 Å². The van der Waals surface area contributed by atoms with Crippen LogP contribution in [0.5, 0.6) is 5.88 Å². The van der Waals surface area contributed by atoms with Crippen molar-refractivity contribution >= 4 is 24.2 Å². The van der Waals surface area contributed by atoms with Crippen molar-refractivity contribution in [3.05, 3.63) is 114 Å². The van der Waals surface area contributed by atoms with Crippen LogP contribution in [0.25, 0.3) is 11.3 Å². The number of amides is 1. The summed E-state index contributed by atoms with van der Waals surface area (Å²) in [7, 11) is 0. The van der Waals surface area contributed by atoms with E-state index in [4.69, 9.17) is 15.5 Å². The Bertz CT molecular complexity index is 1230. The van der Waals surface area contributed by atoms with Crippen molar-refractivity contribution in [3.63, 3.8) is 0 Å². The standard InChI is InChI=1S/C30H32N4O2S/c1-21(29(35)34-28(23-13-7-3-8-14-23)24-15-9-4-10-16-24)36-30-27(32-19-25(31)20-37)18-17-26(33-30)22-11-5-2-6-12-22/h2-18,21,25,28,32,37H,19-20,31H2,1H3,(H,34,35)/t21-,25?/m1/s1. The van der Waals surface area contributed by atoms with Gasteiger partial charge in [-0.3, -0.25) is 4.79 Å². The van der Waals surface area contributed by atoms with Crippen LogP contribution < -0.4 is 21.1 Å². The zero-order valence-electron chi connectivity index (χ0n) is 20.7. The average Bonchev–Trinajstić information content (AvgIpc) is 2.96. The first kappa shape index (κ1) is 26.3. The number of ether oxygens (including phenoxy) is 1. The molecule has 7 heteroatoms. The molecule has 190 valence electrons. The highest BCUT2D eigenvalue weighted by Gasteiger charge is 2.23. The van der Waals surface area contributed by atoms with E-state index in [9.17, 15) is 4.79 Å². The maximum atomic E-state index is 13.4. The number of nitrogens with two attached hydrogens (primary N) is 1. The van der Waals surface area contributed by atoms with Crippen molar-refractivity contribution in [1.29, 1.82) is 0 Å². The molecule has 4 N–H and O–H groups in total. The van der Waals surface area contributed by atoms with Gasteiger partial charge in [-0.05, 0) is 30.2 Å². The van der Waals surface area contributed by atoms with E-state index in [0.717, 1.165) is 22.4 Å². The van der Waals surface area contributed by atoms with E-state index in [2.05, 4.69) is 23.3 Å². The molecule has 4 rings (SSSR count). The zero-order chi connectivity index (χ0) is 26.0. The van der Waals surface area contributed by atoms with Gasteiger partial charge in [-0.25, -0.2) is 4.98 Å². The van der Waals surface area contributed by atoms with Crippen molar-refractivity contribution in [3.8, 4) is 17.1 Å². The van der Waals surface area contributed by atoms with Crippen molar-refractivity contribution in [2.75, 3.05) is 17.6 Å². The van der Waals surface area contributed by atoms with E-state index in [1.54, 1.807) is 6.92 Å². The Morgan fingerprint density at radius 3 is 2.03 bits per heavy atom.